The molecular formula is C11H12BrNO2. The fourth-order valence-corrected chi connectivity index (χ4v) is 1.76. The first-order chi connectivity index (χ1) is 7.20. The van der Waals surface area contributed by atoms with Gasteiger partial charge in [0.1, 0.15) is 5.75 Å². The highest BCUT2D eigenvalue weighted by Gasteiger charge is 2.29. The Bertz CT molecular complexity index is 388. The number of rotatable bonds is 3. The minimum absolute atomic E-state index is 0.112. The summed E-state index contributed by atoms with van der Waals surface area (Å²) in [6.07, 6.45) is 2.03. The Hall–Kier alpha value is -1.03. The first-order valence-corrected chi connectivity index (χ1v) is 5.64. The maximum absolute atomic E-state index is 11.5. The Kier molecular flexibility index (Phi) is 2.95. The van der Waals surface area contributed by atoms with Gasteiger partial charge >= 0.3 is 0 Å². The molecular weight excluding hydrogens is 258 g/mol. The van der Waals surface area contributed by atoms with Crippen LogP contribution in [0.15, 0.2) is 22.7 Å². The second kappa shape index (κ2) is 4.23. The van der Waals surface area contributed by atoms with E-state index in [1.165, 1.54) is 0 Å². The third-order valence-electron chi connectivity index (χ3n) is 2.38. The van der Waals surface area contributed by atoms with Crippen LogP contribution in [0, 0.1) is 5.92 Å². The van der Waals surface area contributed by atoms with Gasteiger partial charge in [-0.2, -0.15) is 0 Å². The van der Waals surface area contributed by atoms with E-state index in [2.05, 4.69) is 21.2 Å². The molecule has 0 radical (unpaired) electrons. The number of amides is 1. The van der Waals surface area contributed by atoms with E-state index in [0.717, 1.165) is 28.8 Å². The van der Waals surface area contributed by atoms with Crippen LogP contribution in [-0.2, 0) is 4.79 Å². The SMILES string of the molecule is COc1ccc(NC(=O)C2CC2)c(Br)c1. The highest BCUT2D eigenvalue weighted by molar-refractivity contribution is 9.10. The Morgan fingerprint density at radius 3 is 2.80 bits per heavy atom. The molecule has 0 saturated heterocycles. The van der Waals surface area contributed by atoms with Crippen molar-refractivity contribution in [2.24, 2.45) is 5.92 Å². The lowest BCUT2D eigenvalue weighted by atomic mass is 10.3. The molecule has 0 bridgehead atoms. The molecule has 3 nitrogen and oxygen atoms in total. The Labute approximate surface area is 96.9 Å². The first kappa shape index (κ1) is 10.5. The maximum Gasteiger partial charge on any atom is 0.227 e. The van der Waals surface area contributed by atoms with Gasteiger partial charge in [-0.1, -0.05) is 0 Å². The van der Waals surface area contributed by atoms with Gasteiger partial charge in [0.05, 0.1) is 12.8 Å². The fraction of sp³-hybridized carbons (Fsp3) is 0.364. The quantitative estimate of drug-likeness (QED) is 0.917. The molecule has 1 aliphatic carbocycles. The molecule has 1 N–H and O–H groups in total. The zero-order chi connectivity index (χ0) is 10.8. The minimum Gasteiger partial charge on any atom is -0.497 e. The van der Waals surface area contributed by atoms with Gasteiger partial charge in [-0.25, -0.2) is 0 Å². The highest BCUT2D eigenvalue weighted by Crippen LogP contribution is 2.32. The number of hydrogen-bond acceptors (Lipinski definition) is 2. The van der Waals surface area contributed by atoms with Crippen LogP contribution < -0.4 is 10.1 Å². The smallest absolute Gasteiger partial charge is 0.227 e. The van der Waals surface area contributed by atoms with Crippen molar-refractivity contribution in [2.75, 3.05) is 12.4 Å². The fourth-order valence-electron chi connectivity index (χ4n) is 1.30. The second-order valence-corrected chi connectivity index (χ2v) is 4.46. The molecule has 0 aromatic heterocycles. The lowest BCUT2D eigenvalue weighted by Gasteiger charge is -2.08. The predicted molar refractivity (Wildman–Crippen MR) is 62.0 cm³/mol. The van der Waals surface area contributed by atoms with E-state index in [1.54, 1.807) is 7.11 Å². The Balaban J connectivity index is 2.10. The molecule has 1 fully saturated rings. The number of methoxy groups -OCH3 is 1. The second-order valence-electron chi connectivity index (χ2n) is 3.61. The lowest BCUT2D eigenvalue weighted by molar-refractivity contribution is -0.117. The molecule has 4 heteroatoms. The van der Waals surface area contributed by atoms with Crippen LogP contribution in [0.2, 0.25) is 0 Å². The van der Waals surface area contributed by atoms with Crippen molar-refractivity contribution in [3.8, 4) is 5.75 Å². The molecule has 0 heterocycles. The summed E-state index contributed by atoms with van der Waals surface area (Å²) in [5.74, 6) is 1.10. The highest BCUT2D eigenvalue weighted by atomic mass is 79.9. The molecule has 1 aliphatic rings. The summed E-state index contributed by atoms with van der Waals surface area (Å²) in [5, 5.41) is 2.88. The number of nitrogens with one attached hydrogen (secondary N) is 1. The van der Waals surface area contributed by atoms with Crippen molar-refractivity contribution in [3.63, 3.8) is 0 Å². The van der Waals surface area contributed by atoms with E-state index in [1.807, 2.05) is 18.2 Å². The predicted octanol–water partition coefficient (Wildman–Crippen LogP) is 2.81. The van der Waals surface area contributed by atoms with Gasteiger partial charge in [0, 0.05) is 10.4 Å². The minimum atomic E-state index is 0.112. The molecule has 2 rings (SSSR count). The number of anilines is 1. The summed E-state index contributed by atoms with van der Waals surface area (Å²) in [7, 11) is 1.62. The van der Waals surface area contributed by atoms with Crippen LogP contribution in [0.25, 0.3) is 0 Å². The molecule has 80 valence electrons. The monoisotopic (exact) mass is 269 g/mol. The normalized spacial score (nSPS) is 14.8. The van der Waals surface area contributed by atoms with Crippen molar-refractivity contribution >= 4 is 27.5 Å². The van der Waals surface area contributed by atoms with Crippen molar-refractivity contribution in [2.45, 2.75) is 12.8 Å². The third kappa shape index (κ3) is 2.50. The van der Waals surface area contributed by atoms with Crippen molar-refractivity contribution in [1.29, 1.82) is 0 Å². The van der Waals surface area contributed by atoms with Crippen LogP contribution in [0.3, 0.4) is 0 Å². The molecule has 15 heavy (non-hydrogen) atoms. The van der Waals surface area contributed by atoms with Gasteiger partial charge < -0.3 is 10.1 Å². The van der Waals surface area contributed by atoms with Crippen molar-refractivity contribution in [1.82, 2.24) is 0 Å². The maximum atomic E-state index is 11.5. The average molecular weight is 270 g/mol. The molecule has 0 unspecified atom stereocenters. The van der Waals surface area contributed by atoms with Crippen LogP contribution in [0.5, 0.6) is 5.75 Å². The molecule has 1 saturated carbocycles. The van der Waals surface area contributed by atoms with Crippen LogP contribution in [0.4, 0.5) is 5.69 Å². The zero-order valence-corrected chi connectivity index (χ0v) is 10.0. The summed E-state index contributed by atoms with van der Waals surface area (Å²) in [6, 6.07) is 5.50. The molecule has 1 aromatic carbocycles. The number of benzene rings is 1. The van der Waals surface area contributed by atoms with Crippen molar-refractivity contribution in [3.05, 3.63) is 22.7 Å². The van der Waals surface area contributed by atoms with Crippen molar-refractivity contribution < 1.29 is 9.53 Å². The van der Waals surface area contributed by atoms with Gasteiger partial charge in [0.25, 0.3) is 0 Å². The molecule has 0 spiro atoms. The molecule has 0 aliphatic heterocycles. The summed E-state index contributed by atoms with van der Waals surface area (Å²) in [4.78, 5) is 11.5. The van der Waals surface area contributed by atoms with E-state index >= 15 is 0 Å². The number of carbonyl (C=O) groups excluding carboxylic acids is 1. The van der Waals surface area contributed by atoms with Gasteiger partial charge in [-0.05, 0) is 47.0 Å². The Morgan fingerprint density at radius 1 is 1.53 bits per heavy atom. The molecule has 0 atom stereocenters. The summed E-state index contributed by atoms with van der Waals surface area (Å²) in [5.41, 5.74) is 0.799. The van der Waals surface area contributed by atoms with E-state index in [0.29, 0.717) is 0 Å². The first-order valence-electron chi connectivity index (χ1n) is 4.85. The van der Waals surface area contributed by atoms with Crippen LogP contribution in [-0.4, -0.2) is 13.0 Å². The van der Waals surface area contributed by atoms with E-state index in [-0.39, 0.29) is 11.8 Å². The Morgan fingerprint density at radius 2 is 2.27 bits per heavy atom. The lowest BCUT2D eigenvalue weighted by Crippen LogP contribution is -2.13. The summed E-state index contributed by atoms with van der Waals surface area (Å²) >= 11 is 3.39. The number of carbonyl (C=O) groups is 1. The average Bonchev–Trinajstić information content (AvgIpc) is 3.04. The summed E-state index contributed by atoms with van der Waals surface area (Å²) in [6.45, 7) is 0. The molecule has 1 aromatic rings. The van der Waals surface area contributed by atoms with Gasteiger partial charge in [-0.3, -0.25) is 4.79 Å². The largest absolute Gasteiger partial charge is 0.497 e. The number of ether oxygens (including phenoxy) is 1. The molecule has 1 amide bonds. The van der Waals surface area contributed by atoms with E-state index in [4.69, 9.17) is 4.74 Å². The van der Waals surface area contributed by atoms with Crippen LogP contribution in [0.1, 0.15) is 12.8 Å². The number of hydrogen-bond donors (Lipinski definition) is 1. The summed E-state index contributed by atoms with van der Waals surface area (Å²) < 4.78 is 5.92. The zero-order valence-electron chi connectivity index (χ0n) is 8.42. The van der Waals surface area contributed by atoms with Gasteiger partial charge in [-0.15, -0.1) is 0 Å². The van der Waals surface area contributed by atoms with E-state index in [9.17, 15) is 4.79 Å². The van der Waals surface area contributed by atoms with E-state index < -0.39 is 0 Å². The topological polar surface area (TPSA) is 38.3 Å². The van der Waals surface area contributed by atoms with Gasteiger partial charge in [0.15, 0.2) is 0 Å². The third-order valence-corrected chi connectivity index (χ3v) is 3.04. The van der Waals surface area contributed by atoms with Crippen LogP contribution >= 0.6 is 15.9 Å². The standard InChI is InChI=1S/C11H12BrNO2/c1-15-8-4-5-10(9(12)6-8)13-11(14)7-2-3-7/h4-7H,2-3H2,1H3,(H,13,14). The number of halogens is 1. The van der Waals surface area contributed by atoms with Gasteiger partial charge in [0.2, 0.25) is 5.91 Å².